The van der Waals surface area contributed by atoms with Gasteiger partial charge in [-0.05, 0) is 0 Å². The monoisotopic (exact) mass is 251 g/mol. The minimum atomic E-state index is -1.68. The molecular weight excluding hydrogens is 244 g/mol. The highest BCUT2D eigenvalue weighted by molar-refractivity contribution is 6.67. The minimum Gasteiger partial charge on any atom is -0.481 e. The Labute approximate surface area is 89.6 Å². The Morgan fingerprint density at radius 2 is 1.62 bits per heavy atom. The molecule has 0 spiro atoms. The van der Waals surface area contributed by atoms with Crippen LogP contribution in [0.25, 0.3) is 0 Å². The molecule has 0 aliphatic rings. The number of carbonyl (C=O) groups is 2. The van der Waals surface area contributed by atoms with Gasteiger partial charge in [-0.2, -0.15) is 0 Å². The van der Waals surface area contributed by atoms with E-state index >= 15 is 0 Å². The van der Waals surface area contributed by atoms with Crippen molar-refractivity contribution >= 4 is 46.7 Å². The number of rotatable bonds is 2. The Morgan fingerprint density at radius 3 is 1.69 bits per heavy atom. The van der Waals surface area contributed by atoms with Gasteiger partial charge in [-0.1, -0.05) is 34.8 Å². The highest BCUT2D eigenvalue weighted by atomic mass is 35.6. The van der Waals surface area contributed by atoms with Gasteiger partial charge in [0.05, 0.1) is 6.54 Å². The Balaban J connectivity index is 0. The molecule has 0 radical (unpaired) electrons. The summed E-state index contributed by atoms with van der Waals surface area (Å²) in [5.74, 6) is -1.90. The molecule has 78 valence electrons. The first-order valence-corrected chi connectivity index (χ1v) is 4.01. The summed E-state index contributed by atoms with van der Waals surface area (Å²) in [6.07, 6.45) is 0. The van der Waals surface area contributed by atoms with Crippen molar-refractivity contribution in [3.8, 4) is 0 Å². The molecule has 0 saturated heterocycles. The van der Waals surface area contributed by atoms with E-state index in [1.807, 2.05) is 0 Å². The Morgan fingerprint density at radius 1 is 1.31 bits per heavy atom. The van der Waals surface area contributed by atoms with Crippen molar-refractivity contribution in [2.24, 2.45) is 0 Å². The molecule has 0 unspecified atom stereocenters. The van der Waals surface area contributed by atoms with Gasteiger partial charge in [-0.15, -0.1) is 0 Å². The molecule has 0 fully saturated rings. The lowest BCUT2D eigenvalue weighted by Crippen LogP contribution is -2.33. The summed E-state index contributed by atoms with van der Waals surface area (Å²) in [7, 11) is 0. The topological polar surface area (TPSA) is 86.6 Å². The third-order valence-corrected chi connectivity index (χ3v) is 0.841. The molecule has 0 atom stereocenters. The summed E-state index contributed by atoms with van der Waals surface area (Å²) in [5.41, 5.74) is 0. The van der Waals surface area contributed by atoms with Crippen LogP contribution >= 0.6 is 34.8 Å². The Kier molecular flexibility index (Phi) is 8.45. The zero-order valence-electron chi connectivity index (χ0n) is 6.55. The van der Waals surface area contributed by atoms with Gasteiger partial charge in [0.15, 0.2) is 0 Å². The highest BCUT2D eigenvalue weighted by Crippen LogP contribution is 2.20. The maximum Gasteiger partial charge on any atom is 0.317 e. The predicted molar refractivity (Wildman–Crippen MR) is 49.2 cm³/mol. The van der Waals surface area contributed by atoms with Crippen LogP contribution in [0.1, 0.15) is 6.92 Å². The van der Waals surface area contributed by atoms with E-state index in [0.717, 1.165) is 6.92 Å². The second-order valence-electron chi connectivity index (χ2n) is 1.76. The van der Waals surface area contributed by atoms with Gasteiger partial charge in [0, 0.05) is 6.92 Å². The van der Waals surface area contributed by atoms with Crippen LogP contribution in [0, 0.1) is 0 Å². The molecular formula is C5H8Cl3NO4. The van der Waals surface area contributed by atoms with E-state index in [1.165, 1.54) is 0 Å². The number of aliphatic carboxylic acids is 2. The fourth-order valence-electron chi connectivity index (χ4n) is 0.176. The van der Waals surface area contributed by atoms with Crippen molar-refractivity contribution in [1.82, 2.24) is 5.32 Å². The second kappa shape index (κ2) is 7.20. The summed E-state index contributed by atoms with van der Waals surface area (Å²) in [6, 6.07) is 0. The lowest BCUT2D eigenvalue weighted by molar-refractivity contribution is -0.136. The number of hydrogen-bond acceptors (Lipinski definition) is 3. The molecule has 0 bridgehead atoms. The zero-order chi connectivity index (χ0) is 11.1. The third kappa shape index (κ3) is 33.7. The van der Waals surface area contributed by atoms with Crippen molar-refractivity contribution in [2.75, 3.05) is 6.54 Å². The van der Waals surface area contributed by atoms with Crippen LogP contribution in [-0.4, -0.2) is 32.6 Å². The van der Waals surface area contributed by atoms with Crippen LogP contribution in [0.5, 0.6) is 0 Å². The van der Waals surface area contributed by atoms with Gasteiger partial charge in [0.1, 0.15) is 0 Å². The summed E-state index contributed by atoms with van der Waals surface area (Å²) >= 11 is 15.4. The van der Waals surface area contributed by atoms with E-state index < -0.39 is 15.9 Å². The van der Waals surface area contributed by atoms with Crippen molar-refractivity contribution < 1.29 is 19.8 Å². The van der Waals surface area contributed by atoms with Gasteiger partial charge in [0.2, 0.25) is 3.92 Å². The first-order valence-electron chi connectivity index (χ1n) is 2.88. The molecule has 0 aromatic carbocycles. The maximum absolute atomic E-state index is 9.81. The maximum atomic E-state index is 9.81. The van der Waals surface area contributed by atoms with Crippen molar-refractivity contribution in [1.29, 1.82) is 0 Å². The van der Waals surface area contributed by atoms with Crippen molar-refractivity contribution in [3.63, 3.8) is 0 Å². The summed E-state index contributed by atoms with van der Waals surface area (Å²) in [5, 5.41) is 17.6. The SMILES string of the molecule is CC(=O)O.O=C(O)CNC(Cl)(Cl)Cl. The van der Waals surface area contributed by atoms with E-state index in [9.17, 15) is 4.79 Å². The van der Waals surface area contributed by atoms with Gasteiger partial charge in [0.25, 0.3) is 5.97 Å². The van der Waals surface area contributed by atoms with Crippen molar-refractivity contribution in [2.45, 2.75) is 10.8 Å². The molecule has 3 N–H and O–H groups in total. The van der Waals surface area contributed by atoms with Crippen LogP contribution in [0.4, 0.5) is 0 Å². The number of alkyl halides is 3. The Bertz CT molecular complexity index is 175. The predicted octanol–water partition coefficient (Wildman–Crippen LogP) is 1.08. The highest BCUT2D eigenvalue weighted by Gasteiger charge is 2.18. The Hall–Kier alpha value is -0.230. The largest absolute Gasteiger partial charge is 0.481 e. The van der Waals surface area contributed by atoms with Gasteiger partial charge >= 0.3 is 5.97 Å². The number of carboxylic acid groups (broad SMARTS) is 2. The third-order valence-electron chi connectivity index (χ3n) is 0.440. The number of nitrogens with one attached hydrogen (secondary N) is 1. The van der Waals surface area contributed by atoms with Crippen LogP contribution < -0.4 is 5.32 Å². The quantitative estimate of drug-likeness (QED) is 0.506. The normalized spacial score (nSPS) is 9.85. The molecule has 0 rings (SSSR count). The van der Waals surface area contributed by atoms with E-state index in [0.29, 0.717) is 0 Å². The molecule has 0 aliphatic heterocycles. The van der Waals surface area contributed by atoms with E-state index in [4.69, 9.17) is 49.8 Å². The molecule has 0 aromatic heterocycles. The van der Waals surface area contributed by atoms with E-state index in [2.05, 4.69) is 5.32 Å². The van der Waals surface area contributed by atoms with Crippen molar-refractivity contribution in [3.05, 3.63) is 0 Å². The zero-order valence-corrected chi connectivity index (χ0v) is 8.82. The molecule has 0 heterocycles. The van der Waals surface area contributed by atoms with Crippen LogP contribution in [0.15, 0.2) is 0 Å². The van der Waals surface area contributed by atoms with Crippen LogP contribution in [-0.2, 0) is 9.59 Å². The average molecular weight is 252 g/mol. The van der Waals surface area contributed by atoms with E-state index in [1.54, 1.807) is 0 Å². The number of halogens is 3. The average Bonchev–Trinajstić information content (AvgIpc) is 1.80. The molecule has 0 saturated carbocycles. The summed E-state index contributed by atoms with van der Waals surface area (Å²) in [4.78, 5) is 18.8. The molecule has 0 amide bonds. The smallest absolute Gasteiger partial charge is 0.317 e. The summed E-state index contributed by atoms with van der Waals surface area (Å²) < 4.78 is -1.68. The molecule has 0 aliphatic carbocycles. The fraction of sp³-hybridized carbons (Fsp3) is 0.600. The van der Waals surface area contributed by atoms with Gasteiger partial charge in [-0.25, -0.2) is 0 Å². The second-order valence-corrected chi connectivity index (χ2v) is 4.05. The first-order chi connectivity index (χ1) is 5.65. The molecule has 13 heavy (non-hydrogen) atoms. The van der Waals surface area contributed by atoms with Gasteiger partial charge in [-0.3, -0.25) is 14.9 Å². The molecule has 0 aromatic rings. The van der Waals surface area contributed by atoms with Crippen LogP contribution in [0.2, 0.25) is 0 Å². The first kappa shape index (κ1) is 15.3. The molecule has 5 nitrogen and oxygen atoms in total. The lowest BCUT2D eigenvalue weighted by Gasteiger charge is -2.09. The van der Waals surface area contributed by atoms with Crippen LogP contribution in [0.3, 0.4) is 0 Å². The summed E-state index contributed by atoms with van der Waals surface area (Å²) in [6.45, 7) is 0.719. The minimum absolute atomic E-state index is 0.365. The number of carboxylic acids is 2. The lowest BCUT2D eigenvalue weighted by atomic mass is 10.7. The molecule has 8 heteroatoms. The number of hydrogen-bond donors (Lipinski definition) is 3. The van der Waals surface area contributed by atoms with Gasteiger partial charge < -0.3 is 10.2 Å². The van der Waals surface area contributed by atoms with E-state index in [-0.39, 0.29) is 6.54 Å². The standard InChI is InChI=1S/C3H4Cl3NO2.C2H4O2/c4-3(5,6)7-1-2(8)9;1-2(3)4/h7H,1H2,(H,8,9);1H3,(H,3,4). The fourth-order valence-corrected chi connectivity index (χ4v) is 0.376.